The van der Waals surface area contributed by atoms with Gasteiger partial charge >= 0.3 is 0 Å². The first-order valence-electron chi connectivity index (χ1n) is 8.72. The Hall–Kier alpha value is -2.27. The Labute approximate surface area is 156 Å². The van der Waals surface area contributed by atoms with Crippen molar-refractivity contribution in [3.8, 4) is 5.75 Å². The van der Waals surface area contributed by atoms with Gasteiger partial charge in [-0.3, -0.25) is 0 Å². The Kier molecular flexibility index (Phi) is 7.54. The van der Waals surface area contributed by atoms with Crippen LogP contribution >= 0.6 is 12.2 Å². The molecule has 0 aliphatic rings. The number of hydrogen-bond acceptors (Lipinski definition) is 3. The van der Waals surface area contributed by atoms with Crippen LogP contribution in [-0.2, 0) is 0 Å². The van der Waals surface area contributed by atoms with E-state index < -0.39 is 0 Å². The van der Waals surface area contributed by atoms with Crippen LogP contribution in [0.5, 0.6) is 5.75 Å². The van der Waals surface area contributed by atoms with Gasteiger partial charge < -0.3 is 20.3 Å². The summed E-state index contributed by atoms with van der Waals surface area (Å²) >= 11 is 5.41. The molecule has 134 valence electrons. The van der Waals surface area contributed by atoms with E-state index in [-0.39, 0.29) is 0 Å². The van der Waals surface area contributed by atoms with Gasteiger partial charge in [-0.15, -0.1) is 0 Å². The second-order valence-electron chi connectivity index (χ2n) is 5.73. The third kappa shape index (κ3) is 5.94. The molecule has 0 unspecified atom stereocenters. The Morgan fingerprint density at radius 1 is 1.12 bits per heavy atom. The summed E-state index contributed by atoms with van der Waals surface area (Å²) in [7, 11) is 0. The van der Waals surface area contributed by atoms with Gasteiger partial charge in [-0.1, -0.05) is 24.3 Å². The van der Waals surface area contributed by atoms with E-state index in [1.54, 1.807) is 0 Å². The molecule has 2 aromatic rings. The molecule has 25 heavy (non-hydrogen) atoms. The second-order valence-corrected chi connectivity index (χ2v) is 6.14. The summed E-state index contributed by atoms with van der Waals surface area (Å²) in [6, 6.07) is 16.4. The Morgan fingerprint density at radius 3 is 2.64 bits per heavy atom. The van der Waals surface area contributed by atoms with Gasteiger partial charge in [0.15, 0.2) is 5.11 Å². The van der Waals surface area contributed by atoms with Gasteiger partial charge in [0, 0.05) is 25.3 Å². The summed E-state index contributed by atoms with van der Waals surface area (Å²) in [5.41, 5.74) is 3.39. The van der Waals surface area contributed by atoms with E-state index in [0.717, 1.165) is 31.1 Å². The zero-order valence-electron chi connectivity index (χ0n) is 15.2. The van der Waals surface area contributed by atoms with E-state index in [1.807, 2.05) is 31.2 Å². The largest absolute Gasteiger partial charge is 0.492 e. The third-order valence-corrected chi connectivity index (χ3v) is 4.10. The predicted octanol–water partition coefficient (Wildman–Crippen LogP) is 4.21. The van der Waals surface area contributed by atoms with Gasteiger partial charge in [0.1, 0.15) is 5.75 Å². The van der Waals surface area contributed by atoms with Crippen LogP contribution in [0.3, 0.4) is 0 Å². The fourth-order valence-corrected chi connectivity index (χ4v) is 2.83. The van der Waals surface area contributed by atoms with Gasteiger partial charge in [0.2, 0.25) is 0 Å². The lowest BCUT2D eigenvalue weighted by atomic mass is 10.2. The highest BCUT2D eigenvalue weighted by molar-refractivity contribution is 7.80. The summed E-state index contributed by atoms with van der Waals surface area (Å²) < 4.78 is 5.61. The smallest absolute Gasteiger partial charge is 0.170 e. The molecule has 0 spiro atoms. The van der Waals surface area contributed by atoms with Crippen molar-refractivity contribution in [2.75, 3.05) is 36.5 Å². The average molecular weight is 358 g/mol. The summed E-state index contributed by atoms with van der Waals surface area (Å²) in [5.74, 6) is 0.809. The fourth-order valence-electron chi connectivity index (χ4n) is 2.62. The van der Waals surface area contributed by atoms with E-state index >= 15 is 0 Å². The highest BCUT2D eigenvalue weighted by Crippen LogP contribution is 2.23. The Morgan fingerprint density at radius 2 is 1.92 bits per heavy atom. The van der Waals surface area contributed by atoms with E-state index in [2.05, 4.69) is 53.6 Å². The first-order chi connectivity index (χ1) is 12.1. The molecule has 0 heterocycles. The molecular weight excluding hydrogens is 330 g/mol. The van der Waals surface area contributed by atoms with Crippen molar-refractivity contribution in [1.82, 2.24) is 5.32 Å². The molecule has 2 rings (SSSR count). The molecule has 0 amide bonds. The summed E-state index contributed by atoms with van der Waals surface area (Å²) in [5, 5.41) is 7.09. The number of para-hydroxylation sites is 2. The van der Waals surface area contributed by atoms with Crippen LogP contribution in [0.25, 0.3) is 0 Å². The van der Waals surface area contributed by atoms with Crippen LogP contribution in [0.2, 0.25) is 0 Å². The van der Waals surface area contributed by atoms with Crippen LogP contribution in [0.1, 0.15) is 19.4 Å². The van der Waals surface area contributed by atoms with Crippen LogP contribution in [0.15, 0.2) is 48.5 Å². The number of thiocarbonyl (C=S) groups is 1. The maximum absolute atomic E-state index is 5.61. The molecule has 4 nitrogen and oxygen atoms in total. The van der Waals surface area contributed by atoms with E-state index in [4.69, 9.17) is 17.0 Å². The molecular formula is C20H27N3OS. The standard InChI is InChI=1S/C20H27N3OS/c1-4-23(17-10-8-9-16(3)15-17)14-13-21-20(25)22-18-11-6-7-12-19(18)24-5-2/h6-12,15H,4-5,13-14H2,1-3H3,(H2,21,22,25). The fraction of sp³-hybridized carbons (Fsp3) is 0.350. The maximum Gasteiger partial charge on any atom is 0.170 e. The molecule has 2 N–H and O–H groups in total. The number of benzene rings is 2. The van der Waals surface area contributed by atoms with Crippen LogP contribution in [0.4, 0.5) is 11.4 Å². The molecule has 0 aliphatic heterocycles. The Balaban J connectivity index is 1.85. The van der Waals surface area contributed by atoms with E-state index in [9.17, 15) is 0 Å². The minimum atomic E-state index is 0.604. The lowest BCUT2D eigenvalue weighted by Crippen LogP contribution is -2.37. The zero-order valence-corrected chi connectivity index (χ0v) is 16.0. The topological polar surface area (TPSA) is 36.5 Å². The number of rotatable bonds is 8. The quantitative estimate of drug-likeness (QED) is 0.692. The number of anilines is 2. The van der Waals surface area contributed by atoms with Gasteiger partial charge in [-0.05, 0) is 62.8 Å². The molecule has 0 bridgehead atoms. The molecule has 0 atom stereocenters. The van der Waals surface area contributed by atoms with Gasteiger partial charge in [-0.2, -0.15) is 0 Å². The van der Waals surface area contributed by atoms with Crippen molar-refractivity contribution in [3.05, 3.63) is 54.1 Å². The maximum atomic E-state index is 5.61. The monoisotopic (exact) mass is 357 g/mol. The second kappa shape index (κ2) is 9.89. The Bertz CT molecular complexity index is 690. The highest BCUT2D eigenvalue weighted by atomic mass is 32.1. The highest BCUT2D eigenvalue weighted by Gasteiger charge is 2.06. The molecule has 0 saturated carbocycles. The molecule has 0 fully saturated rings. The minimum Gasteiger partial charge on any atom is -0.492 e. The van der Waals surface area contributed by atoms with Gasteiger partial charge in [0.05, 0.1) is 12.3 Å². The van der Waals surface area contributed by atoms with Crippen LogP contribution in [0, 0.1) is 6.92 Å². The molecule has 5 heteroatoms. The SMILES string of the molecule is CCOc1ccccc1NC(=S)NCCN(CC)c1cccc(C)c1. The summed E-state index contributed by atoms with van der Waals surface area (Å²) in [4.78, 5) is 2.33. The van der Waals surface area contributed by atoms with Crippen molar-refractivity contribution in [2.45, 2.75) is 20.8 Å². The molecule has 0 saturated heterocycles. The molecule has 2 aromatic carbocycles. The number of nitrogens with one attached hydrogen (secondary N) is 2. The average Bonchev–Trinajstić information content (AvgIpc) is 2.60. The van der Waals surface area contributed by atoms with Crippen molar-refractivity contribution in [3.63, 3.8) is 0 Å². The number of nitrogens with zero attached hydrogens (tertiary/aromatic N) is 1. The third-order valence-electron chi connectivity index (χ3n) is 3.85. The lowest BCUT2D eigenvalue weighted by Gasteiger charge is -2.24. The molecule has 0 radical (unpaired) electrons. The van der Waals surface area contributed by atoms with Crippen molar-refractivity contribution in [1.29, 1.82) is 0 Å². The first kappa shape index (κ1) is 19.1. The number of likely N-dealkylation sites (N-methyl/N-ethyl adjacent to an activating group) is 1. The number of ether oxygens (including phenoxy) is 1. The van der Waals surface area contributed by atoms with E-state index in [0.29, 0.717) is 11.7 Å². The van der Waals surface area contributed by atoms with Gasteiger partial charge in [0.25, 0.3) is 0 Å². The number of hydrogen-bond donors (Lipinski definition) is 2. The number of aryl methyl sites for hydroxylation is 1. The summed E-state index contributed by atoms with van der Waals surface area (Å²) in [6.45, 7) is 9.48. The normalized spacial score (nSPS) is 10.2. The van der Waals surface area contributed by atoms with Crippen molar-refractivity contribution < 1.29 is 4.74 Å². The van der Waals surface area contributed by atoms with Crippen LogP contribution < -0.4 is 20.3 Å². The van der Waals surface area contributed by atoms with Crippen molar-refractivity contribution in [2.24, 2.45) is 0 Å². The molecule has 0 aromatic heterocycles. The summed E-state index contributed by atoms with van der Waals surface area (Å²) in [6.07, 6.45) is 0. The minimum absolute atomic E-state index is 0.604. The van der Waals surface area contributed by atoms with E-state index in [1.165, 1.54) is 11.3 Å². The lowest BCUT2D eigenvalue weighted by molar-refractivity contribution is 0.342. The zero-order chi connectivity index (χ0) is 18.1. The molecule has 0 aliphatic carbocycles. The first-order valence-corrected chi connectivity index (χ1v) is 9.13. The van der Waals surface area contributed by atoms with Crippen molar-refractivity contribution >= 4 is 28.7 Å². The van der Waals surface area contributed by atoms with Crippen LogP contribution in [-0.4, -0.2) is 31.4 Å². The van der Waals surface area contributed by atoms with Gasteiger partial charge in [-0.25, -0.2) is 0 Å². The predicted molar refractivity (Wildman–Crippen MR) is 111 cm³/mol.